The molecule has 4 heteroatoms. The van der Waals surface area contributed by atoms with E-state index in [2.05, 4.69) is 11.1 Å². The van der Waals surface area contributed by atoms with E-state index in [1.807, 2.05) is 23.6 Å². The Morgan fingerprint density at radius 3 is 2.60 bits per heavy atom. The average Bonchev–Trinajstić information content (AvgIpc) is 2.98. The molecule has 0 saturated heterocycles. The van der Waals surface area contributed by atoms with Gasteiger partial charge in [-0.2, -0.15) is 5.26 Å². The zero-order chi connectivity index (χ0) is 13.9. The SMILES string of the molecule is N#Cc1cccc(-c2csc(-c3ccc(F)cc3)n2)c1. The lowest BCUT2D eigenvalue weighted by atomic mass is 10.1. The molecule has 0 bridgehead atoms. The Bertz CT molecular complexity index is 785. The monoisotopic (exact) mass is 280 g/mol. The molecule has 3 rings (SSSR count). The highest BCUT2D eigenvalue weighted by Gasteiger charge is 2.07. The Labute approximate surface area is 119 Å². The van der Waals surface area contributed by atoms with E-state index in [9.17, 15) is 4.39 Å². The van der Waals surface area contributed by atoms with E-state index in [4.69, 9.17) is 5.26 Å². The van der Waals surface area contributed by atoms with Gasteiger partial charge in [-0.25, -0.2) is 9.37 Å². The summed E-state index contributed by atoms with van der Waals surface area (Å²) >= 11 is 1.50. The summed E-state index contributed by atoms with van der Waals surface area (Å²) in [5, 5.41) is 11.7. The van der Waals surface area contributed by atoms with Crippen LogP contribution < -0.4 is 0 Å². The van der Waals surface area contributed by atoms with Crippen molar-refractivity contribution in [2.45, 2.75) is 0 Å². The van der Waals surface area contributed by atoms with Gasteiger partial charge in [0.15, 0.2) is 0 Å². The van der Waals surface area contributed by atoms with Crippen molar-refractivity contribution in [1.29, 1.82) is 5.26 Å². The molecule has 1 heterocycles. The first-order valence-corrected chi connectivity index (χ1v) is 6.86. The molecular weight excluding hydrogens is 271 g/mol. The fourth-order valence-corrected chi connectivity index (χ4v) is 2.71. The fraction of sp³-hybridized carbons (Fsp3) is 0. The Balaban J connectivity index is 1.97. The van der Waals surface area contributed by atoms with Gasteiger partial charge >= 0.3 is 0 Å². The maximum atomic E-state index is 12.9. The van der Waals surface area contributed by atoms with Crippen LogP contribution in [-0.2, 0) is 0 Å². The average molecular weight is 280 g/mol. The highest BCUT2D eigenvalue weighted by molar-refractivity contribution is 7.13. The van der Waals surface area contributed by atoms with Gasteiger partial charge in [-0.15, -0.1) is 11.3 Å². The van der Waals surface area contributed by atoms with E-state index in [0.29, 0.717) is 5.56 Å². The summed E-state index contributed by atoms with van der Waals surface area (Å²) in [6.07, 6.45) is 0. The number of hydrogen-bond acceptors (Lipinski definition) is 3. The minimum Gasteiger partial charge on any atom is -0.236 e. The van der Waals surface area contributed by atoms with Gasteiger partial charge in [0.2, 0.25) is 0 Å². The Hall–Kier alpha value is -2.51. The number of rotatable bonds is 2. The summed E-state index contributed by atoms with van der Waals surface area (Å²) < 4.78 is 12.9. The van der Waals surface area contributed by atoms with Crippen LogP contribution in [0.4, 0.5) is 4.39 Å². The van der Waals surface area contributed by atoms with Gasteiger partial charge in [-0.05, 0) is 36.4 Å². The molecule has 2 nitrogen and oxygen atoms in total. The molecule has 0 atom stereocenters. The van der Waals surface area contributed by atoms with Crippen LogP contribution in [0.1, 0.15) is 5.56 Å². The van der Waals surface area contributed by atoms with Gasteiger partial charge in [-0.3, -0.25) is 0 Å². The van der Waals surface area contributed by atoms with E-state index < -0.39 is 0 Å². The summed E-state index contributed by atoms with van der Waals surface area (Å²) in [6.45, 7) is 0. The third kappa shape index (κ3) is 2.44. The third-order valence-electron chi connectivity index (χ3n) is 2.88. The van der Waals surface area contributed by atoms with Crippen LogP contribution in [-0.4, -0.2) is 4.98 Å². The number of benzene rings is 2. The second-order valence-corrected chi connectivity index (χ2v) is 5.10. The van der Waals surface area contributed by atoms with Crippen LogP contribution in [0.2, 0.25) is 0 Å². The van der Waals surface area contributed by atoms with Gasteiger partial charge in [0.05, 0.1) is 17.3 Å². The molecule has 0 aliphatic rings. The Morgan fingerprint density at radius 2 is 1.85 bits per heavy atom. The number of aromatic nitrogens is 1. The van der Waals surface area contributed by atoms with Gasteiger partial charge < -0.3 is 0 Å². The zero-order valence-corrected chi connectivity index (χ0v) is 11.2. The van der Waals surface area contributed by atoms with Crippen LogP contribution in [0, 0.1) is 17.1 Å². The van der Waals surface area contributed by atoms with E-state index in [1.54, 1.807) is 18.2 Å². The predicted octanol–water partition coefficient (Wildman–Crippen LogP) is 4.49. The molecule has 0 radical (unpaired) electrons. The van der Waals surface area contributed by atoms with E-state index in [0.717, 1.165) is 21.8 Å². The van der Waals surface area contributed by atoms with Crippen molar-refractivity contribution in [2.24, 2.45) is 0 Å². The van der Waals surface area contributed by atoms with Gasteiger partial charge in [0, 0.05) is 16.5 Å². The molecule has 0 aliphatic heterocycles. The van der Waals surface area contributed by atoms with Crippen LogP contribution in [0.3, 0.4) is 0 Å². The molecule has 1 aromatic heterocycles. The highest BCUT2D eigenvalue weighted by Crippen LogP contribution is 2.29. The normalized spacial score (nSPS) is 10.2. The summed E-state index contributed by atoms with van der Waals surface area (Å²) in [4.78, 5) is 4.54. The molecule has 0 unspecified atom stereocenters. The maximum Gasteiger partial charge on any atom is 0.124 e. The lowest BCUT2D eigenvalue weighted by molar-refractivity contribution is 0.628. The van der Waals surface area contributed by atoms with Crippen molar-refractivity contribution >= 4 is 11.3 Å². The number of nitriles is 1. The molecule has 0 aliphatic carbocycles. The summed E-state index contributed by atoms with van der Waals surface area (Å²) in [6, 6.07) is 15.7. The molecule has 0 amide bonds. The van der Waals surface area contributed by atoms with Crippen molar-refractivity contribution in [1.82, 2.24) is 4.98 Å². The molecule has 0 spiro atoms. The summed E-state index contributed by atoms with van der Waals surface area (Å²) in [5.41, 5.74) is 3.23. The first-order valence-electron chi connectivity index (χ1n) is 5.98. The largest absolute Gasteiger partial charge is 0.236 e. The molecule has 3 aromatic rings. The molecule has 20 heavy (non-hydrogen) atoms. The minimum atomic E-state index is -0.257. The summed E-state index contributed by atoms with van der Waals surface area (Å²) in [7, 11) is 0. The minimum absolute atomic E-state index is 0.257. The van der Waals surface area contributed by atoms with Crippen LogP contribution >= 0.6 is 11.3 Å². The predicted molar refractivity (Wildman–Crippen MR) is 77.7 cm³/mol. The second-order valence-electron chi connectivity index (χ2n) is 4.24. The maximum absolute atomic E-state index is 12.9. The van der Waals surface area contributed by atoms with E-state index >= 15 is 0 Å². The molecule has 0 N–H and O–H groups in total. The van der Waals surface area contributed by atoms with Crippen molar-refractivity contribution in [3.05, 3.63) is 65.3 Å². The first kappa shape index (κ1) is 12.5. The van der Waals surface area contributed by atoms with Crippen LogP contribution in [0.15, 0.2) is 53.9 Å². The Morgan fingerprint density at radius 1 is 1.05 bits per heavy atom. The van der Waals surface area contributed by atoms with Crippen LogP contribution in [0.25, 0.3) is 21.8 Å². The quantitative estimate of drug-likeness (QED) is 0.693. The van der Waals surface area contributed by atoms with Crippen LogP contribution in [0.5, 0.6) is 0 Å². The number of nitrogens with zero attached hydrogens (tertiary/aromatic N) is 2. The van der Waals surface area contributed by atoms with Crippen molar-refractivity contribution in [3.63, 3.8) is 0 Å². The third-order valence-corrected chi connectivity index (χ3v) is 3.77. The fourth-order valence-electron chi connectivity index (χ4n) is 1.88. The lowest BCUT2D eigenvalue weighted by Crippen LogP contribution is -1.81. The van der Waals surface area contributed by atoms with Crippen molar-refractivity contribution in [3.8, 4) is 27.9 Å². The molecule has 0 fully saturated rings. The van der Waals surface area contributed by atoms with Gasteiger partial charge in [0.25, 0.3) is 0 Å². The number of thiazole rings is 1. The molecule has 2 aromatic carbocycles. The van der Waals surface area contributed by atoms with E-state index in [-0.39, 0.29) is 5.82 Å². The van der Waals surface area contributed by atoms with Crippen molar-refractivity contribution in [2.75, 3.05) is 0 Å². The summed E-state index contributed by atoms with van der Waals surface area (Å²) in [5.74, 6) is -0.257. The number of halogens is 1. The van der Waals surface area contributed by atoms with Gasteiger partial charge in [-0.1, -0.05) is 12.1 Å². The standard InChI is InChI=1S/C16H9FN2S/c17-14-6-4-12(5-7-14)16-19-15(10-20-16)13-3-1-2-11(8-13)9-18/h1-8,10H. The Kier molecular flexibility index (Phi) is 3.28. The first-order chi connectivity index (χ1) is 9.76. The highest BCUT2D eigenvalue weighted by atomic mass is 32.1. The smallest absolute Gasteiger partial charge is 0.124 e. The molecular formula is C16H9FN2S. The zero-order valence-electron chi connectivity index (χ0n) is 10.4. The topological polar surface area (TPSA) is 36.7 Å². The molecule has 96 valence electrons. The lowest BCUT2D eigenvalue weighted by Gasteiger charge is -1.97. The second kappa shape index (κ2) is 5.24. The number of hydrogen-bond donors (Lipinski definition) is 0. The van der Waals surface area contributed by atoms with Gasteiger partial charge in [0.1, 0.15) is 10.8 Å². The van der Waals surface area contributed by atoms with E-state index in [1.165, 1.54) is 23.5 Å². The molecule has 0 saturated carbocycles. The van der Waals surface area contributed by atoms with Crippen molar-refractivity contribution < 1.29 is 4.39 Å².